The third-order valence-electron chi connectivity index (χ3n) is 3.07. The van der Waals surface area contributed by atoms with Crippen LogP contribution in [-0.4, -0.2) is 22.2 Å². The van der Waals surface area contributed by atoms with E-state index >= 15 is 0 Å². The molecule has 0 bridgehead atoms. The predicted molar refractivity (Wildman–Crippen MR) is 86.8 cm³/mol. The molecule has 3 rings (SSSR count). The van der Waals surface area contributed by atoms with Crippen LogP contribution in [0.1, 0.15) is 15.9 Å². The van der Waals surface area contributed by atoms with Crippen LogP contribution in [0.4, 0.5) is 9.93 Å². The fourth-order valence-electron chi connectivity index (χ4n) is 2.02. The molecular weight excluding hydrogens is 316 g/mol. The van der Waals surface area contributed by atoms with Gasteiger partial charge >= 0.3 is 12.1 Å². The van der Waals surface area contributed by atoms with Crippen molar-refractivity contribution in [3.05, 3.63) is 59.7 Å². The van der Waals surface area contributed by atoms with Gasteiger partial charge in [0.15, 0.2) is 5.13 Å². The molecule has 0 fully saturated rings. The second kappa shape index (κ2) is 6.45. The van der Waals surface area contributed by atoms with Crippen molar-refractivity contribution in [2.45, 2.75) is 6.61 Å². The summed E-state index contributed by atoms with van der Waals surface area (Å²) in [6, 6.07) is 14.1. The number of carbonyl (C=O) groups is 2. The molecule has 1 heterocycles. The van der Waals surface area contributed by atoms with E-state index in [4.69, 9.17) is 9.84 Å². The zero-order chi connectivity index (χ0) is 16.2. The molecule has 0 saturated carbocycles. The van der Waals surface area contributed by atoms with Gasteiger partial charge in [0.05, 0.1) is 15.8 Å². The summed E-state index contributed by atoms with van der Waals surface area (Å²) in [6.45, 7) is 0.151. The van der Waals surface area contributed by atoms with Crippen molar-refractivity contribution in [3.8, 4) is 0 Å². The van der Waals surface area contributed by atoms with Gasteiger partial charge in [0.25, 0.3) is 0 Å². The monoisotopic (exact) mass is 328 g/mol. The first-order chi connectivity index (χ1) is 11.1. The molecule has 1 aromatic heterocycles. The number of amides is 1. The first-order valence-electron chi connectivity index (χ1n) is 6.74. The lowest BCUT2D eigenvalue weighted by atomic mass is 10.2. The van der Waals surface area contributed by atoms with E-state index in [1.54, 1.807) is 12.1 Å². The summed E-state index contributed by atoms with van der Waals surface area (Å²) in [4.78, 5) is 27.2. The minimum Gasteiger partial charge on any atom is -0.478 e. The predicted octanol–water partition coefficient (Wildman–Crippen LogP) is 3.74. The summed E-state index contributed by atoms with van der Waals surface area (Å²) in [5.41, 5.74) is 1.55. The lowest BCUT2D eigenvalue weighted by molar-refractivity contribution is 0.0699. The molecule has 0 unspecified atom stereocenters. The maximum Gasteiger partial charge on any atom is 0.413 e. The van der Waals surface area contributed by atoms with Gasteiger partial charge in [0, 0.05) is 0 Å². The van der Waals surface area contributed by atoms with Crippen molar-refractivity contribution in [1.82, 2.24) is 4.98 Å². The summed E-state index contributed by atoms with van der Waals surface area (Å²) in [6.07, 6.45) is -0.634. The zero-order valence-electron chi connectivity index (χ0n) is 11.9. The fraction of sp³-hybridized carbons (Fsp3) is 0.0625. The van der Waals surface area contributed by atoms with Gasteiger partial charge in [-0.25, -0.2) is 14.6 Å². The largest absolute Gasteiger partial charge is 0.478 e. The third kappa shape index (κ3) is 3.46. The van der Waals surface area contributed by atoms with Crippen molar-refractivity contribution in [1.29, 1.82) is 0 Å². The molecule has 2 N–H and O–H groups in total. The number of hydrogen-bond acceptors (Lipinski definition) is 5. The van der Waals surface area contributed by atoms with E-state index in [9.17, 15) is 9.59 Å². The maximum absolute atomic E-state index is 11.8. The number of fused-ring (bicyclic) bond motifs is 1. The third-order valence-corrected chi connectivity index (χ3v) is 4.09. The maximum atomic E-state index is 11.8. The SMILES string of the molecule is O=C(Nc1nc2cccc(C(=O)O)c2s1)OCc1ccccc1. The average molecular weight is 328 g/mol. The van der Waals surface area contributed by atoms with Crippen LogP contribution in [0.2, 0.25) is 0 Å². The summed E-state index contributed by atoms with van der Waals surface area (Å²) < 4.78 is 5.62. The van der Waals surface area contributed by atoms with E-state index in [1.807, 2.05) is 30.3 Å². The molecule has 0 aliphatic heterocycles. The Labute approximate surface area is 135 Å². The Balaban J connectivity index is 1.70. The number of thiazole rings is 1. The van der Waals surface area contributed by atoms with Crippen LogP contribution in [0.3, 0.4) is 0 Å². The Morgan fingerprint density at radius 2 is 1.91 bits per heavy atom. The van der Waals surface area contributed by atoms with E-state index in [-0.39, 0.29) is 12.2 Å². The molecule has 116 valence electrons. The molecule has 1 amide bonds. The van der Waals surface area contributed by atoms with Gasteiger partial charge < -0.3 is 9.84 Å². The van der Waals surface area contributed by atoms with Gasteiger partial charge in [0.1, 0.15) is 6.61 Å². The molecule has 3 aromatic rings. The van der Waals surface area contributed by atoms with Crippen molar-refractivity contribution in [2.24, 2.45) is 0 Å². The molecule has 0 saturated heterocycles. The average Bonchev–Trinajstić information content (AvgIpc) is 2.95. The van der Waals surface area contributed by atoms with E-state index < -0.39 is 12.1 Å². The number of anilines is 1. The highest BCUT2D eigenvalue weighted by atomic mass is 32.1. The van der Waals surface area contributed by atoms with Gasteiger partial charge in [-0.15, -0.1) is 0 Å². The van der Waals surface area contributed by atoms with Crippen LogP contribution in [-0.2, 0) is 11.3 Å². The standard InChI is InChI=1S/C16H12N2O4S/c19-14(20)11-7-4-8-12-13(11)23-15(17-12)18-16(21)22-9-10-5-2-1-3-6-10/h1-8H,9H2,(H,19,20)(H,17,18,21). The lowest BCUT2D eigenvalue weighted by Crippen LogP contribution is -2.13. The Morgan fingerprint density at radius 1 is 1.13 bits per heavy atom. The highest BCUT2D eigenvalue weighted by Crippen LogP contribution is 2.29. The number of nitrogens with zero attached hydrogens (tertiary/aromatic N) is 1. The molecule has 6 nitrogen and oxygen atoms in total. The zero-order valence-corrected chi connectivity index (χ0v) is 12.7. The number of rotatable bonds is 4. The smallest absolute Gasteiger partial charge is 0.413 e. The van der Waals surface area contributed by atoms with Crippen molar-refractivity contribution in [3.63, 3.8) is 0 Å². The molecule has 0 aliphatic carbocycles. The number of nitrogens with one attached hydrogen (secondary N) is 1. The number of aromatic carboxylic acids is 1. The quantitative estimate of drug-likeness (QED) is 0.761. The van der Waals surface area contributed by atoms with E-state index in [1.165, 1.54) is 6.07 Å². The second-order valence-electron chi connectivity index (χ2n) is 4.66. The minimum absolute atomic E-state index is 0.151. The number of ether oxygens (including phenoxy) is 1. The summed E-state index contributed by atoms with van der Waals surface area (Å²) in [7, 11) is 0. The number of carbonyl (C=O) groups excluding carboxylic acids is 1. The molecule has 23 heavy (non-hydrogen) atoms. The summed E-state index contributed by atoms with van der Waals surface area (Å²) >= 11 is 1.10. The fourth-order valence-corrected chi connectivity index (χ4v) is 2.97. The van der Waals surface area contributed by atoms with Crippen molar-refractivity contribution >= 4 is 38.7 Å². The lowest BCUT2D eigenvalue weighted by Gasteiger charge is -2.04. The molecule has 7 heteroatoms. The Bertz CT molecular complexity index is 861. The second-order valence-corrected chi connectivity index (χ2v) is 5.66. The molecule has 0 atom stereocenters. The van der Waals surface area contributed by atoms with E-state index in [0.717, 1.165) is 16.9 Å². The van der Waals surface area contributed by atoms with Gasteiger partial charge in [-0.3, -0.25) is 5.32 Å². The first kappa shape index (κ1) is 15.0. The molecule has 2 aromatic carbocycles. The first-order valence-corrected chi connectivity index (χ1v) is 7.55. The van der Waals surface area contributed by atoms with Gasteiger partial charge in [0.2, 0.25) is 0 Å². The van der Waals surface area contributed by atoms with Crippen LogP contribution in [0, 0.1) is 0 Å². The number of carboxylic acids is 1. The molecule has 0 spiro atoms. The number of benzene rings is 2. The number of aromatic nitrogens is 1. The summed E-state index contributed by atoms with van der Waals surface area (Å²) in [5, 5.41) is 12.0. The van der Waals surface area contributed by atoms with Crippen LogP contribution < -0.4 is 5.32 Å². The van der Waals surface area contributed by atoms with Crippen LogP contribution >= 0.6 is 11.3 Å². The van der Waals surface area contributed by atoms with Crippen LogP contribution in [0.25, 0.3) is 10.2 Å². The Kier molecular flexibility index (Phi) is 4.20. The van der Waals surface area contributed by atoms with Gasteiger partial charge in [-0.1, -0.05) is 47.7 Å². The number of hydrogen-bond donors (Lipinski definition) is 2. The molecule has 0 aliphatic rings. The van der Waals surface area contributed by atoms with Crippen LogP contribution in [0.5, 0.6) is 0 Å². The Morgan fingerprint density at radius 3 is 2.65 bits per heavy atom. The highest BCUT2D eigenvalue weighted by molar-refractivity contribution is 7.22. The Hall–Kier alpha value is -2.93. The highest BCUT2D eigenvalue weighted by Gasteiger charge is 2.14. The van der Waals surface area contributed by atoms with Crippen LogP contribution in [0.15, 0.2) is 48.5 Å². The van der Waals surface area contributed by atoms with Gasteiger partial charge in [-0.05, 0) is 17.7 Å². The normalized spacial score (nSPS) is 10.4. The minimum atomic E-state index is -1.03. The molecule has 0 radical (unpaired) electrons. The molecular formula is C16H12N2O4S. The topological polar surface area (TPSA) is 88.5 Å². The van der Waals surface area contributed by atoms with Crippen molar-refractivity contribution in [2.75, 3.05) is 5.32 Å². The van der Waals surface area contributed by atoms with E-state index in [2.05, 4.69) is 10.3 Å². The van der Waals surface area contributed by atoms with Gasteiger partial charge in [-0.2, -0.15) is 0 Å². The number of carboxylic acid groups (broad SMARTS) is 1. The van der Waals surface area contributed by atoms with E-state index in [0.29, 0.717) is 15.3 Å². The summed E-state index contributed by atoms with van der Waals surface area (Å²) in [5.74, 6) is -1.03. The van der Waals surface area contributed by atoms with Crippen molar-refractivity contribution < 1.29 is 19.4 Å².